The number of nitrogens with two attached hydrogens (primary N) is 1. The number of carbonyl (C=O) groups is 1. The van der Waals surface area contributed by atoms with Crippen LogP contribution < -0.4 is 5.73 Å². The Morgan fingerprint density at radius 1 is 1.19 bits per heavy atom. The first kappa shape index (κ1) is 17.3. The van der Waals surface area contributed by atoms with Crippen molar-refractivity contribution in [3.63, 3.8) is 0 Å². The van der Waals surface area contributed by atoms with Gasteiger partial charge in [-0.25, -0.2) is 4.68 Å². The van der Waals surface area contributed by atoms with Gasteiger partial charge in [-0.05, 0) is 49.7 Å². The minimum absolute atomic E-state index is 0.105. The van der Waals surface area contributed by atoms with Crippen LogP contribution in [-0.2, 0) is 0 Å². The zero-order valence-corrected chi connectivity index (χ0v) is 15.9. The molecule has 3 atom stereocenters. The van der Waals surface area contributed by atoms with E-state index in [1.807, 2.05) is 9.58 Å². The molecule has 2 heterocycles. The molecule has 26 heavy (non-hydrogen) atoms. The molecule has 1 aromatic carbocycles. The van der Waals surface area contributed by atoms with Crippen molar-refractivity contribution in [3.8, 4) is 5.69 Å². The van der Waals surface area contributed by atoms with E-state index in [0.717, 1.165) is 42.9 Å². The molecule has 1 aromatic heterocycles. The Kier molecular flexibility index (Phi) is 4.35. The molecule has 2 N–H and O–H groups in total. The smallest absolute Gasteiger partial charge is 0.257 e. The van der Waals surface area contributed by atoms with Gasteiger partial charge in [0.2, 0.25) is 0 Å². The van der Waals surface area contributed by atoms with Gasteiger partial charge in [-0.2, -0.15) is 5.10 Å². The number of nitrogens with zero attached hydrogens (tertiary/aromatic N) is 3. The first-order valence-electron chi connectivity index (χ1n) is 9.65. The Labute approximate surface area is 155 Å². The van der Waals surface area contributed by atoms with Gasteiger partial charge in [-0.15, -0.1) is 0 Å². The normalized spacial score (nSPS) is 25.1. The van der Waals surface area contributed by atoms with Crippen LogP contribution in [0.4, 0.5) is 0 Å². The van der Waals surface area contributed by atoms with E-state index in [0.29, 0.717) is 11.8 Å². The van der Waals surface area contributed by atoms with Gasteiger partial charge < -0.3 is 10.6 Å². The second-order valence-corrected chi connectivity index (χ2v) is 8.22. The average Bonchev–Trinajstić information content (AvgIpc) is 3.31. The Morgan fingerprint density at radius 3 is 2.58 bits per heavy atom. The number of amides is 1. The van der Waals surface area contributed by atoms with Crippen molar-refractivity contribution in [2.75, 3.05) is 13.1 Å². The van der Waals surface area contributed by atoms with E-state index in [9.17, 15) is 4.79 Å². The van der Waals surface area contributed by atoms with Crippen molar-refractivity contribution < 1.29 is 4.79 Å². The first-order chi connectivity index (χ1) is 12.5. The summed E-state index contributed by atoms with van der Waals surface area (Å²) in [5, 5.41) is 4.56. The van der Waals surface area contributed by atoms with Crippen molar-refractivity contribution in [1.29, 1.82) is 0 Å². The third-order valence-corrected chi connectivity index (χ3v) is 6.06. The van der Waals surface area contributed by atoms with E-state index in [2.05, 4.69) is 50.1 Å². The second-order valence-electron chi connectivity index (χ2n) is 8.22. The molecule has 2 aromatic rings. The fourth-order valence-electron chi connectivity index (χ4n) is 4.61. The van der Waals surface area contributed by atoms with Gasteiger partial charge in [0.15, 0.2) is 0 Å². The van der Waals surface area contributed by atoms with Gasteiger partial charge >= 0.3 is 0 Å². The highest BCUT2D eigenvalue weighted by atomic mass is 16.2. The molecule has 2 aliphatic rings. The lowest BCUT2D eigenvalue weighted by Crippen LogP contribution is -2.33. The topological polar surface area (TPSA) is 64.2 Å². The molecule has 0 spiro atoms. The third-order valence-electron chi connectivity index (χ3n) is 6.06. The summed E-state index contributed by atoms with van der Waals surface area (Å²) in [6.45, 7) is 7.93. The lowest BCUT2D eigenvalue weighted by molar-refractivity contribution is 0.0778. The number of likely N-dealkylation sites (tertiary alicyclic amines) is 1. The molecule has 4 rings (SSSR count). The number of benzene rings is 1. The molecule has 3 unspecified atom stereocenters. The number of aromatic nitrogens is 2. The summed E-state index contributed by atoms with van der Waals surface area (Å²) in [5.74, 6) is 1.35. The average molecular weight is 352 g/mol. The summed E-state index contributed by atoms with van der Waals surface area (Å²) < 4.78 is 1.92. The summed E-state index contributed by atoms with van der Waals surface area (Å²) in [6.07, 6.45) is 3.99. The quantitative estimate of drug-likeness (QED) is 0.923. The maximum atomic E-state index is 13.2. The molecule has 5 nitrogen and oxygen atoms in total. The molecule has 0 bridgehead atoms. The molecule has 1 aliphatic carbocycles. The van der Waals surface area contributed by atoms with Crippen molar-refractivity contribution >= 4 is 5.91 Å². The Balaban J connectivity index is 1.64. The number of aryl methyl sites for hydroxylation is 1. The van der Waals surface area contributed by atoms with Crippen LogP contribution in [0, 0.1) is 18.8 Å². The summed E-state index contributed by atoms with van der Waals surface area (Å²) in [6, 6.07) is 8.51. The number of rotatable bonds is 3. The van der Waals surface area contributed by atoms with Gasteiger partial charge in [0.25, 0.3) is 5.91 Å². The van der Waals surface area contributed by atoms with Crippen LogP contribution in [0.1, 0.15) is 54.2 Å². The highest BCUT2D eigenvalue weighted by Crippen LogP contribution is 2.38. The van der Waals surface area contributed by atoms with Crippen molar-refractivity contribution in [2.24, 2.45) is 17.6 Å². The highest BCUT2D eigenvalue weighted by Gasteiger charge is 2.43. The Bertz CT molecular complexity index is 808. The van der Waals surface area contributed by atoms with E-state index in [1.54, 1.807) is 6.20 Å². The summed E-state index contributed by atoms with van der Waals surface area (Å²) in [4.78, 5) is 15.2. The second kappa shape index (κ2) is 6.54. The van der Waals surface area contributed by atoms with E-state index < -0.39 is 0 Å². The van der Waals surface area contributed by atoms with Crippen LogP contribution in [0.2, 0.25) is 0 Å². The van der Waals surface area contributed by atoms with Crippen LogP contribution >= 0.6 is 0 Å². The van der Waals surface area contributed by atoms with Crippen LogP contribution in [0.5, 0.6) is 0 Å². The summed E-state index contributed by atoms with van der Waals surface area (Å²) in [7, 11) is 0. The summed E-state index contributed by atoms with van der Waals surface area (Å²) >= 11 is 0. The fourth-order valence-corrected chi connectivity index (χ4v) is 4.61. The van der Waals surface area contributed by atoms with E-state index >= 15 is 0 Å². The molecular weight excluding hydrogens is 324 g/mol. The third kappa shape index (κ3) is 2.84. The molecule has 0 radical (unpaired) electrons. The highest BCUT2D eigenvalue weighted by molar-refractivity contribution is 5.95. The van der Waals surface area contributed by atoms with Gasteiger partial charge in [-0.1, -0.05) is 31.5 Å². The lowest BCUT2D eigenvalue weighted by atomic mass is 9.98. The molecular formula is C21H28N4O. The zero-order valence-electron chi connectivity index (χ0n) is 15.9. The van der Waals surface area contributed by atoms with Gasteiger partial charge in [0.05, 0.1) is 23.1 Å². The maximum absolute atomic E-state index is 13.2. The standard InChI is InChI=1S/C21H28N4O/c1-13(2)20-17(10-23-25(20)16-7-4-14(3)5-8-16)21(26)24-11-15-6-9-19(22)18(15)12-24/h4-5,7-8,10,13,15,18-19H,6,9,11-12,22H2,1-3H3. The van der Waals surface area contributed by atoms with Crippen LogP contribution in [0.25, 0.3) is 5.69 Å². The van der Waals surface area contributed by atoms with Crippen molar-refractivity contribution in [2.45, 2.75) is 45.6 Å². The van der Waals surface area contributed by atoms with Gasteiger partial charge in [0.1, 0.15) is 0 Å². The predicted molar refractivity (Wildman–Crippen MR) is 102 cm³/mol. The molecule has 1 amide bonds. The lowest BCUT2D eigenvalue weighted by Gasteiger charge is -2.20. The maximum Gasteiger partial charge on any atom is 0.257 e. The Morgan fingerprint density at radius 2 is 1.92 bits per heavy atom. The van der Waals surface area contributed by atoms with Crippen molar-refractivity contribution in [3.05, 3.63) is 47.3 Å². The molecule has 5 heteroatoms. The van der Waals surface area contributed by atoms with Gasteiger partial charge in [0, 0.05) is 19.1 Å². The fraction of sp³-hybridized carbons (Fsp3) is 0.524. The molecule has 1 aliphatic heterocycles. The molecule has 138 valence electrons. The summed E-state index contributed by atoms with van der Waals surface area (Å²) in [5.41, 5.74) is 10.2. The first-order valence-corrected chi connectivity index (χ1v) is 9.65. The van der Waals surface area contributed by atoms with Crippen molar-refractivity contribution in [1.82, 2.24) is 14.7 Å². The van der Waals surface area contributed by atoms with Crippen LogP contribution in [0.3, 0.4) is 0 Å². The molecule has 1 saturated heterocycles. The molecule has 1 saturated carbocycles. The minimum Gasteiger partial charge on any atom is -0.338 e. The zero-order chi connectivity index (χ0) is 18.4. The minimum atomic E-state index is 0.105. The predicted octanol–water partition coefficient (Wildman–Crippen LogP) is 3.11. The molecule has 2 fully saturated rings. The van der Waals surface area contributed by atoms with Gasteiger partial charge in [-0.3, -0.25) is 4.79 Å². The van der Waals surface area contributed by atoms with Crippen LogP contribution in [0.15, 0.2) is 30.5 Å². The van der Waals surface area contributed by atoms with E-state index in [1.165, 1.54) is 5.56 Å². The van der Waals surface area contributed by atoms with E-state index in [4.69, 9.17) is 5.73 Å². The monoisotopic (exact) mass is 352 g/mol. The number of fused-ring (bicyclic) bond motifs is 1. The number of hydrogen-bond acceptors (Lipinski definition) is 3. The Hall–Kier alpha value is -2.14. The number of carbonyl (C=O) groups excluding carboxylic acids is 1. The van der Waals surface area contributed by atoms with E-state index in [-0.39, 0.29) is 17.9 Å². The largest absolute Gasteiger partial charge is 0.338 e. The SMILES string of the molecule is Cc1ccc(-n2ncc(C(=O)N3CC4CCC(N)C4C3)c2C(C)C)cc1. The number of hydrogen-bond donors (Lipinski definition) is 1. The van der Waals surface area contributed by atoms with Crippen LogP contribution in [-0.4, -0.2) is 39.7 Å².